The van der Waals surface area contributed by atoms with Gasteiger partial charge >= 0.3 is 6.03 Å². The minimum atomic E-state index is -0.280. The Morgan fingerprint density at radius 1 is 0.865 bits per heavy atom. The molecular formula is C31H29N5O. The predicted molar refractivity (Wildman–Crippen MR) is 146 cm³/mol. The molecule has 6 nitrogen and oxygen atoms in total. The third-order valence-electron chi connectivity index (χ3n) is 6.94. The summed E-state index contributed by atoms with van der Waals surface area (Å²) in [5.41, 5.74) is 8.00. The maximum absolute atomic E-state index is 14.0. The number of nitrogens with zero attached hydrogens (tertiary/aromatic N) is 4. The number of amides is 2. The largest absolute Gasteiger partial charge is 0.322 e. The second kappa shape index (κ2) is 9.13. The van der Waals surface area contributed by atoms with Crippen molar-refractivity contribution < 1.29 is 4.79 Å². The van der Waals surface area contributed by atoms with Crippen LogP contribution >= 0.6 is 0 Å². The molecule has 1 N–H and O–H groups in total. The van der Waals surface area contributed by atoms with Gasteiger partial charge in [-0.3, -0.25) is 0 Å². The first kappa shape index (κ1) is 22.9. The molecule has 0 bridgehead atoms. The van der Waals surface area contributed by atoms with E-state index in [4.69, 9.17) is 5.10 Å². The van der Waals surface area contributed by atoms with Crippen molar-refractivity contribution >= 4 is 11.7 Å². The second-order valence-electron chi connectivity index (χ2n) is 9.69. The van der Waals surface area contributed by atoms with Gasteiger partial charge in [-0.15, -0.1) is 0 Å². The van der Waals surface area contributed by atoms with E-state index in [9.17, 15) is 4.79 Å². The van der Waals surface area contributed by atoms with E-state index in [0.29, 0.717) is 6.54 Å². The van der Waals surface area contributed by atoms with Gasteiger partial charge in [0.25, 0.3) is 0 Å². The van der Waals surface area contributed by atoms with Gasteiger partial charge in [0.2, 0.25) is 0 Å². The highest BCUT2D eigenvalue weighted by molar-refractivity contribution is 5.90. The minimum absolute atomic E-state index is 0.147. The van der Waals surface area contributed by atoms with E-state index in [1.807, 2.05) is 85.0 Å². The lowest BCUT2D eigenvalue weighted by Gasteiger charge is -2.31. The van der Waals surface area contributed by atoms with Gasteiger partial charge in [-0.1, -0.05) is 54.6 Å². The van der Waals surface area contributed by atoms with E-state index >= 15 is 0 Å². The lowest BCUT2D eigenvalue weighted by Crippen LogP contribution is -2.38. The van der Waals surface area contributed by atoms with Gasteiger partial charge < -0.3 is 14.8 Å². The van der Waals surface area contributed by atoms with Crippen molar-refractivity contribution in [1.29, 1.82) is 0 Å². The molecule has 0 fully saturated rings. The number of aromatic nitrogens is 3. The van der Waals surface area contributed by atoms with Gasteiger partial charge in [-0.25, -0.2) is 9.48 Å². The summed E-state index contributed by atoms with van der Waals surface area (Å²) < 4.78 is 4.17. The number of hydrogen-bond donors (Lipinski definition) is 1. The van der Waals surface area contributed by atoms with Crippen LogP contribution in [0.5, 0.6) is 0 Å². The third kappa shape index (κ3) is 4.10. The van der Waals surface area contributed by atoms with Gasteiger partial charge in [0.1, 0.15) is 5.82 Å². The maximum Gasteiger partial charge on any atom is 0.322 e. The quantitative estimate of drug-likeness (QED) is 0.307. The Kier molecular flexibility index (Phi) is 5.64. The lowest BCUT2D eigenvalue weighted by molar-refractivity contribution is 0.194. The van der Waals surface area contributed by atoms with Crippen molar-refractivity contribution in [3.05, 3.63) is 131 Å². The number of nitrogens with one attached hydrogen (secondary N) is 1. The molecule has 6 heteroatoms. The molecule has 3 heterocycles. The van der Waals surface area contributed by atoms with Gasteiger partial charge in [0.05, 0.1) is 29.7 Å². The van der Waals surface area contributed by atoms with Gasteiger partial charge in [-0.05, 0) is 73.9 Å². The van der Waals surface area contributed by atoms with Gasteiger partial charge in [0.15, 0.2) is 0 Å². The fraction of sp³-hybridized carbons (Fsp3) is 0.161. The summed E-state index contributed by atoms with van der Waals surface area (Å²) in [7, 11) is 0. The van der Waals surface area contributed by atoms with E-state index in [-0.39, 0.29) is 12.1 Å². The van der Waals surface area contributed by atoms with Crippen LogP contribution < -0.4 is 5.32 Å². The van der Waals surface area contributed by atoms with E-state index < -0.39 is 0 Å². The lowest BCUT2D eigenvalue weighted by atomic mass is 10.0. The van der Waals surface area contributed by atoms with Crippen LogP contribution in [0.2, 0.25) is 0 Å². The average molecular weight is 488 g/mol. The number of benzene rings is 3. The predicted octanol–water partition coefficient (Wildman–Crippen LogP) is 6.73. The summed E-state index contributed by atoms with van der Waals surface area (Å²) in [6.45, 7) is 6.53. The number of aryl methyl sites for hydroxylation is 3. The molecule has 2 amide bonds. The summed E-state index contributed by atoms with van der Waals surface area (Å²) in [5, 5.41) is 8.10. The fourth-order valence-electron chi connectivity index (χ4n) is 5.38. The van der Waals surface area contributed by atoms with Crippen molar-refractivity contribution in [3.8, 4) is 11.5 Å². The topological polar surface area (TPSA) is 55.1 Å². The van der Waals surface area contributed by atoms with E-state index in [1.165, 1.54) is 0 Å². The number of urea groups is 1. The van der Waals surface area contributed by atoms with Crippen molar-refractivity contribution in [3.63, 3.8) is 0 Å². The van der Waals surface area contributed by atoms with Crippen molar-refractivity contribution in [1.82, 2.24) is 19.2 Å². The first-order valence-electron chi connectivity index (χ1n) is 12.5. The fourth-order valence-corrected chi connectivity index (χ4v) is 5.38. The molecule has 5 aromatic rings. The molecule has 6 rings (SSSR count). The van der Waals surface area contributed by atoms with Crippen LogP contribution in [0.15, 0.2) is 97.2 Å². The Hall–Kier alpha value is -4.58. The second-order valence-corrected chi connectivity index (χ2v) is 9.69. The number of para-hydroxylation sites is 1. The third-order valence-corrected chi connectivity index (χ3v) is 6.94. The molecule has 1 atom stereocenters. The van der Waals surface area contributed by atoms with Crippen molar-refractivity contribution in [2.75, 3.05) is 5.32 Å². The Bertz CT molecular complexity index is 1560. The van der Waals surface area contributed by atoms with Crippen LogP contribution in [0.3, 0.4) is 0 Å². The zero-order valence-corrected chi connectivity index (χ0v) is 21.2. The average Bonchev–Trinajstić information content (AvgIpc) is 3.45. The molecule has 0 spiro atoms. The van der Waals surface area contributed by atoms with Crippen LogP contribution in [0.25, 0.3) is 11.5 Å². The SMILES string of the molecule is Cc1cc(C)cc(NC(=O)N2Cc3c(C)nn(-c4ccccc4)c3-n3cccc3[C@H]2c2ccccc2)c1. The van der Waals surface area contributed by atoms with Crippen LogP contribution in [0.1, 0.15) is 39.7 Å². The normalized spacial score (nSPS) is 14.6. The smallest absolute Gasteiger partial charge is 0.308 e. The number of fused-ring (bicyclic) bond motifs is 3. The number of hydrogen-bond acceptors (Lipinski definition) is 2. The first-order valence-corrected chi connectivity index (χ1v) is 12.5. The molecule has 184 valence electrons. The number of carbonyl (C=O) groups excluding carboxylic acids is 1. The highest BCUT2D eigenvalue weighted by atomic mass is 16.2. The molecule has 2 aromatic heterocycles. The van der Waals surface area contributed by atoms with E-state index in [2.05, 4.69) is 52.5 Å². The Labute approximate surface area is 216 Å². The molecule has 0 radical (unpaired) electrons. The summed E-state index contributed by atoms with van der Waals surface area (Å²) in [6, 6.07) is 30.2. The van der Waals surface area contributed by atoms with Crippen molar-refractivity contribution in [2.45, 2.75) is 33.4 Å². The zero-order chi connectivity index (χ0) is 25.5. The van der Waals surface area contributed by atoms with Gasteiger partial charge in [-0.2, -0.15) is 5.10 Å². The highest BCUT2D eigenvalue weighted by Gasteiger charge is 2.36. The maximum atomic E-state index is 14.0. The summed E-state index contributed by atoms with van der Waals surface area (Å²) >= 11 is 0. The zero-order valence-electron chi connectivity index (χ0n) is 21.2. The van der Waals surface area contributed by atoms with Crippen LogP contribution in [-0.2, 0) is 6.54 Å². The molecule has 0 unspecified atom stereocenters. The molecule has 37 heavy (non-hydrogen) atoms. The Morgan fingerprint density at radius 3 is 2.24 bits per heavy atom. The van der Waals surface area contributed by atoms with E-state index in [0.717, 1.165) is 50.8 Å². The summed E-state index contributed by atoms with van der Waals surface area (Å²) in [5.74, 6) is 0.964. The van der Waals surface area contributed by atoms with Gasteiger partial charge in [0, 0.05) is 17.4 Å². The first-order chi connectivity index (χ1) is 18.0. The van der Waals surface area contributed by atoms with E-state index in [1.54, 1.807) is 0 Å². The molecule has 0 aliphatic carbocycles. The molecule has 0 saturated heterocycles. The number of rotatable bonds is 3. The van der Waals surface area contributed by atoms with Crippen molar-refractivity contribution in [2.24, 2.45) is 0 Å². The molecule has 0 saturated carbocycles. The molecule has 1 aliphatic heterocycles. The number of anilines is 1. The summed E-state index contributed by atoms with van der Waals surface area (Å²) in [6.07, 6.45) is 2.07. The summed E-state index contributed by atoms with van der Waals surface area (Å²) in [4.78, 5) is 16.0. The Morgan fingerprint density at radius 2 is 1.54 bits per heavy atom. The monoisotopic (exact) mass is 487 g/mol. The number of carbonyl (C=O) groups is 1. The highest BCUT2D eigenvalue weighted by Crippen LogP contribution is 2.38. The standard InChI is InChI=1S/C31H29N5O/c1-21-17-22(2)19-25(18-21)32-31(37)35-20-27-23(3)33-36(26-13-8-5-9-14-26)30(27)34-16-10-15-28(34)29(35)24-11-6-4-7-12-24/h4-19,29H,20H2,1-3H3,(H,32,37)/t29-/m1/s1. The minimum Gasteiger partial charge on any atom is -0.308 e. The molecular weight excluding hydrogens is 458 g/mol. The van der Waals surface area contributed by atoms with Crippen LogP contribution in [0.4, 0.5) is 10.5 Å². The molecule has 1 aliphatic rings. The van der Waals surface area contributed by atoms with Crippen LogP contribution in [0, 0.1) is 20.8 Å². The van der Waals surface area contributed by atoms with Crippen LogP contribution in [-0.4, -0.2) is 25.3 Å². The molecule has 3 aromatic carbocycles. The Balaban J connectivity index is 1.53.